The van der Waals surface area contributed by atoms with Crippen LogP contribution in [-0.2, 0) is 22.6 Å². The summed E-state index contributed by atoms with van der Waals surface area (Å²) in [4.78, 5) is 39.2. The van der Waals surface area contributed by atoms with Gasteiger partial charge in [0, 0.05) is 43.9 Å². The van der Waals surface area contributed by atoms with Crippen molar-refractivity contribution in [1.29, 1.82) is 0 Å². The topological polar surface area (TPSA) is 153 Å². The third-order valence-corrected chi connectivity index (χ3v) is 9.21. The third-order valence-electron chi connectivity index (χ3n) is 9.21. The highest BCUT2D eigenvalue weighted by Crippen LogP contribution is 2.32. The Hall–Kier alpha value is -4.83. The van der Waals surface area contributed by atoms with E-state index < -0.39 is 48.8 Å². The lowest BCUT2D eigenvalue weighted by Gasteiger charge is -2.41. The predicted octanol–water partition coefficient (Wildman–Crippen LogP) is 3.12. The van der Waals surface area contributed by atoms with Gasteiger partial charge in [0.2, 0.25) is 17.7 Å². The van der Waals surface area contributed by atoms with Crippen LogP contribution in [-0.4, -0.2) is 106 Å². The number of rotatable bonds is 13. The highest BCUT2D eigenvalue weighted by molar-refractivity contribution is 5.82. The molecule has 1 unspecified atom stereocenters. The number of nitrogens with zero attached hydrogens (tertiary/aromatic N) is 4. The van der Waals surface area contributed by atoms with Crippen molar-refractivity contribution in [2.45, 2.75) is 49.9 Å². The van der Waals surface area contributed by atoms with Crippen molar-refractivity contribution in [1.82, 2.24) is 30.4 Å². The Labute approximate surface area is 298 Å². The predicted molar refractivity (Wildman–Crippen MR) is 183 cm³/mol. The van der Waals surface area contributed by atoms with E-state index in [1.54, 1.807) is 53.7 Å². The fraction of sp³-hybridized carbons (Fsp3) is 0.405. The van der Waals surface area contributed by atoms with Crippen LogP contribution in [0.25, 0.3) is 11.5 Å². The van der Waals surface area contributed by atoms with Crippen LogP contribution in [0.2, 0.25) is 0 Å². The summed E-state index contributed by atoms with van der Waals surface area (Å²) >= 11 is 0. The summed E-state index contributed by atoms with van der Waals surface area (Å²) in [6.45, 7) is -0.658. The number of fused-ring (bicyclic) bond motifs is 1. The Balaban J connectivity index is 1.15. The molecule has 276 valence electrons. The number of carbonyl (C=O) groups is 2. The number of β-amino-alcohol motifs (C(OH)–C–C–N with tert-alkyl or cyclic N) is 1. The second-order valence-corrected chi connectivity index (χ2v) is 13.1. The second kappa shape index (κ2) is 16.7. The van der Waals surface area contributed by atoms with E-state index in [1.807, 2.05) is 46.6 Å². The van der Waals surface area contributed by atoms with E-state index in [0.29, 0.717) is 35.2 Å². The van der Waals surface area contributed by atoms with Crippen molar-refractivity contribution in [3.05, 3.63) is 102 Å². The molecule has 0 spiro atoms. The van der Waals surface area contributed by atoms with Gasteiger partial charge < -0.3 is 30.0 Å². The van der Waals surface area contributed by atoms with Crippen LogP contribution in [0.5, 0.6) is 5.75 Å². The molecular weight excluding hydrogens is 681 g/mol. The molecule has 5 atom stereocenters. The first-order valence-electron chi connectivity index (χ1n) is 17.1. The molecule has 0 aliphatic carbocycles. The number of nitrogens with one attached hydrogen (secondary N) is 2. The minimum atomic E-state index is -4.61. The van der Waals surface area contributed by atoms with Gasteiger partial charge in [0.25, 0.3) is 0 Å². The van der Waals surface area contributed by atoms with Crippen LogP contribution >= 0.6 is 0 Å². The fourth-order valence-electron chi connectivity index (χ4n) is 6.64. The number of carbonyl (C=O) groups excluding carboxylic acids is 2. The number of halogens is 3. The summed E-state index contributed by atoms with van der Waals surface area (Å²) in [5.41, 5.74) is 2.09. The Morgan fingerprint density at radius 3 is 2.54 bits per heavy atom. The number of alkyl halides is 3. The van der Waals surface area contributed by atoms with Crippen LogP contribution in [0.3, 0.4) is 0 Å². The van der Waals surface area contributed by atoms with Crippen LogP contribution in [0.4, 0.5) is 13.2 Å². The number of para-hydroxylation sites is 1. The van der Waals surface area contributed by atoms with Gasteiger partial charge in [0.1, 0.15) is 36.7 Å². The van der Waals surface area contributed by atoms with Crippen LogP contribution < -0.4 is 15.4 Å². The molecule has 6 rings (SSSR count). The number of aliphatic hydroxyl groups excluding tert-OH is 2. The van der Waals surface area contributed by atoms with Crippen molar-refractivity contribution in [3.63, 3.8) is 0 Å². The highest BCUT2D eigenvalue weighted by atomic mass is 19.4. The summed E-state index contributed by atoms with van der Waals surface area (Å²) in [7, 11) is 0. The molecule has 4 heterocycles. The largest absolute Gasteiger partial charge is 0.490 e. The number of hydrogen-bond acceptors (Lipinski definition) is 10. The molecule has 4 aromatic rings. The average Bonchev–Trinajstić information content (AvgIpc) is 3.61. The Morgan fingerprint density at radius 1 is 1.00 bits per heavy atom. The molecule has 2 amide bonds. The molecule has 0 saturated carbocycles. The molecule has 1 saturated heterocycles. The zero-order valence-corrected chi connectivity index (χ0v) is 28.3. The molecule has 0 radical (unpaired) electrons. The number of amides is 2. The average molecular weight is 723 g/mol. The van der Waals surface area contributed by atoms with E-state index in [1.165, 1.54) is 0 Å². The minimum absolute atomic E-state index is 0.000906. The molecule has 2 aliphatic rings. The number of aliphatic hydroxyl groups is 2. The lowest BCUT2D eigenvalue weighted by Crippen LogP contribution is -2.60. The van der Waals surface area contributed by atoms with Crippen molar-refractivity contribution in [2.24, 2.45) is 5.92 Å². The number of ether oxygens (including phenoxy) is 1. The van der Waals surface area contributed by atoms with E-state index in [-0.39, 0.29) is 51.5 Å². The molecule has 15 heteroatoms. The molecular formula is C37H41F3N6O6. The van der Waals surface area contributed by atoms with Gasteiger partial charge in [0.05, 0.1) is 24.9 Å². The number of oxazole rings is 1. The van der Waals surface area contributed by atoms with Crippen LogP contribution in [0, 0.1) is 5.92 Å². The fourth-order valence-corrected chi connectivity index (χ4v) is 6.64. The monoisotopic (exact) mass is 722 g/mol. The van der Waals surface area contributed by atoms with Gasteiger partial charge in [-0.3, -0.25) is 24.4 Å². The maximum absolute atomic E-state index is 13.9. The molecule has 2 aromatic heterocycles. The summed E-state index contributed by atoms with van der Waals surface area (Å²) in [5, 5.41) is 27.2. The molecule has 52 heavy (non-hydrogen) atoms. The standard InChI is InChI=1S/C37H41F3N6O6/c38-37(39,40)23-43-36(50)29-20-45(21-33-42-18-32(52-33)28-11-6-7-13-41-28)14-15-46(29)19-26(47)17-25(16-24-8-2-1-3-9-24)35(49)44-34-27-10-4-5-12-31(27)51-22-30(34)48/h1-13,18,25-26,29-30,34,47-48H,14-17,19-23H2,(H,43,50)(H,44,49)/t25?,26-,29-,30+,34-/m0/s1. The van der Waals surface area contributed by atoms with Gasteiger partial charge in [-0.1, -0.05) is 54.6 Å². The lowest BCUT2D eigenvalue weighted by molar-refractivity contribution is -0.143. The number of aromatic nitrogens is 2. The van der Waals surface area contributed by atoms with Crippen molar-refractivity contribution in [2.75, 3.05) is 39.3 Å². The number of piperazine rings is 1. The van der Waals surface area contributed by atoms with E-state index in [9.17, 15) is 33.0 Å². The molecule has 0 bridgehead atoms. The van der Waals surface area contributed by atoms with Crippen molar-refractivity contribution >= 4 is 11.8 Å². The molecule has 12 nitrogen and oxygen atoms in total. The van der Waals surface area contributed by atoms with E-state index in [2.05, 4.69) is 15.3 Å². The Kier molecular flexibility index (Phi) is 11.8. The van der Waals surface area contributed by atoms with Crippen LogP contribution in [0.1, 0.15) is 29.5 Å². The summed E-state index contributed by atoms with van der Waals surface area (Å²) < 4.78 is 50.8. The van der Waals surface area contributed by atoms with Gasteiger partial charge in [-0.15, -0.1) is 0 Å². The first kappa shape index (κ1) is 36.9. The molecule has 1 fully saturated rings. The third kappa shape index (κ3) is 9.73. The minimum Gasteiger partial charge on any atom is -0.490 e. The first-order chi connectivity index (χ1) is 25.0. The molecule has 4 N–H and O–H groups in total. The normalized spacial score (nSPS) is 20.7. The second-order valence-electron chi connectivity index (χ2n) is 13.1. The SMILES string of the molecule is O=C(N[C@H]1c2ccccc2OC[C@H]1O)C(Cc1ccccc1)C[C@H](O)CN1CCN(Cc2ncc(-c3ccccn3)o2)C[C@H]1C(=O)NCC(F)(F)F. The van der Waals surface area contributed by atoms with Crippen LogP contribution in [0.15, 0.2) is 89.6 Å². The van der Waals surface area contributed by atoms with Gasteiger partial charge in [-0.05, 0) is 36.6 Å². The quantitative estimate of drug-likeness (QED) is 0.162. The maximum atomic E-state index is 13.9. The van der Waals surface area contributed by atoms with Gasteiger partial charge in [-0.25, -0.2) is 4.98 Å². The Morgan fingerprint density at radius 2 is 1.77 bits per heavy atom. The Bertz CT molecular complexity index is 1780. The van der Waals surface area contributed by atoms with Gasteiger partial charge in [0.15, 0.2) is 5.76 Å². The van der Waals surface area contributed by atoms with E-state index in [0.717, 1.165) is 5.56 Å². The van der Waals surface area contributed by atoms with E-state index >= 15 is 0 Å². The number of benzene rings is 2. The first-order valence-corrected chi connectivity index (χ1v) is 17.1. The van der Waals surface area contributed by atoms with Crippen molar-refractivity contribution < 1.29 is 42.1 Å². The highest BCUT2D eigenvalue weighted by Gasteiger charge is 2.38. The summed E-state index contributed by atoms with van der Waals surface area (Å²) in [5.74, 6) is -0.581. The van der Waals surface area contributed by atoms with E-state index in [4.69, 9.17) is 9.15 Å². The zero-order chi connectivity index (χ0) is 36.7. The summed E-state index contributed by atoms with van der Waals surface area (Å²) in [6.07, 6.45) is -3.28. The zero-order valence-electron chi connectivity index (χ0n) is 28.3. The molecule has 2 aliphatic heterocycles. The van der Waals surface area contributed by atoms with Gasteiger partial charge >= 0.3 is 6.18 Å². The van der Waals surface area contributed by atoms with Crippen molar-refractivity contribution in [3.8, 4) is 17.2 Å². The maximum Gasteiger partial charge on any atom is 0.405 e. The smallest absolute Gasteiger partial charge is 0.405 e. The summed E-state index contributed by atoms with van der Waals surface area (Å²) in [6, 6.07) is 20.0. The molecule has 2 aromatic carbocycles. The number of hydrogen-bond donors (Lipinski definition) is 4. The van der Waals surface area contributed by atoms with Gasteiger partial charge in [-0.2, -0.15) is 13.2 Å². The lowest BCUT2D eigenvalue weighted by atomic mass is 9.90. The number of pyridine rings is 1.